The van der Waals surface area contributed by atoms with E-state index in [1.807, 2.05) is 4.90 Å². The summed E-state index contributed by atoms with van der Waals surface area (Å²) in [7, 11) is 0. The third kappa shape index (κ3) is 3.99. The lowest BCUT2D eigenvalue weighted by Gasteiger charge is -2.25. The fourth-order valence-corrected chi connectivity index (χ4v) is 2.22. The molecule has 1 saturated heterocycles. The Morgan fingerprint density at radius 1 is 1.45 bits per heavy atom. The molecule has 8 heteroatoms. The van der Waals surface area contributed by atoms with Crippen molar-refractivity contribution in [2.75, 3.05) is 38.2 Å². The summed E-state index contributed by atoms with van der Waals surface area (Å²) in [4.78, 5) is 24.1. The van der Waals surface area contributed by atoms with Gasteiger partial charge in [0.2, 0.25) is 5.91 Å². The molecule has 1 aliphatic heterocycles. The van der Waals surface area contributed by atoms with Gasteiger partial charge in [-0.3, -0.25) is 19.8 Å². The number of halogens is 1. The smallest absolute Gasteiger partial charge is 0.271 e. The van der Waals surface area contributed by atoms with Crippen molar-refractivity contribution in [2.24, 2.45) is 0 Å². The van der Waals surface area contributed by atoms with E-state index in [9.17, 15) is 14.9 Å². The Kier molecular flexibility index (Phi) is 5.05. The van der Waals surface area contributed by atoms with Crippen LogP contribution in [0, 0.1) is 10.1 Å². The Morgan fingerprint density at radius 3 is 2.80 bits per heavy atom. The Hall–Kier alpha value is -1.51. The van der Waals surface area contributed by atoms with Gasteiger partial charge in [-0.1, -0.05) is 0 Å². The molecule has 0 atom stereocenters. The molecule has 1 heterocycles. The average Bonchev–Trinajstić information content (AvgIpc) is 2.42. The minimum atomic E-state index is -0.496. The first-order chi connectivity index (χ1) is 9.56. The second-order valence-corrected chi connectivity index (χ2v) is 5.21. The van der Waals surface area contributed by atoms with Gasteiger partial charge < -0.3 is 10.1 Å². The average molecular weight is 344 g/mol. The quantitative estimate of drug-likeness (QED) is 0.663. The zero-order chi connectivity index (χ0) is 14.5. The Bertz CT molecular complexity index is 517. The van der Waals surface area contributed by atoms with E-state index in [0.717, 1.165) is 0 Å². The van der Waals surface area contributed by atoms with Gasteiger partial charge in [-0.25, -0.2) is 0 Å². The van der Waals surface area contributed by atoms with Crippen LogP contribution in [0.15, 0.2) is 22.7 Å². The summed E-state index contributed by atoms with van der Waals surface area (Å²) in [6.07, 6.45) is 0. The second kappa shape index (κ2) is 6.78. The molecule has 0 saturated carbocycles. The van der Waals surface area contributed by atoms with Gasteiger partial charge >= 0.3 is 0 Å². The van der Waals surface area contributed by atoms with Crippen molar-refractivity contribution < 1.29 is 14.5 Å². The molecule has 1 aromatic carbocycles. The fraction of sp³-hybridized carbons (Fsp3) is 0.417. The Morgan fingerprint density at radius 2 is 2.15 bits per heavy atom. The van der Waals surface area contributed by atoms with Crippen LogP contribution < -0.4 is 5.32 Å². The highest BCUT2D eigenvalue weighted by molar-refractivity contribution is 9.10. The normalized spacial score (nSPS) is 15.8. The largest absolute Gasteiger partial charge is 0.379 e. The summed E-state index contributed by atoms with van der Waals surface area (Å²) in [5, 5.41) is 13.4. The number of amides is 1. The van der Waals surface area contributed by atoms with Crippen LogP contribution in [0.4, 0.5) is 11.4 Å². The van der Waals surface area contributed by atoms with E-state index < -0.39 is 4.92 Å². The summed E-state index contributed by atoms with van der Waals surface area (Å²) in [6.45, 7) is 2.91. The second-order valence-electron chi connectivity index (χ2n) is 4.36. The number of carbonyl (C=O) groups excluding carboxylic acids is 1. The highest BCUT2D eigenvalue weighted by atomic mass is 79.9. The van der Waals surface area contributed by atoms with Crippen molar-refractivity contribution in [1.82, 2.24) is 4.90 Å². The summed E-state index contributed by atoms with van der Waals surface area (Å²) < 4.78 is 5.81. The number of benzene rings is 1. The van der Waals surface area contributed by atoms with Crippen molar-refractivity contribution in [3.05, 3.63) is 32.8 Å². The number of non-ortho nitro benzene ring substituents is 1. The molecular formula is C12H14BrN3O4. The number of nitrogens with one attached hydrogen (secondary N) is 1. The first-order valence-corrected chi connectivity index (χ1v) is 6.89. The molecule has 0 spiro atoms. The number of nitro groups is 1. The van der Waals surface area contributed by atoms with Gasteiger partial charge in [-0.15, -0.1) is 0 Å². The van der Waals surface area contributed by atoms with Gasteiger partial charge in [0.15, 0.2) is 0 Å². The van der Waals surface area contributed by atoms with E-state index in [1.54, 1.807) is 6.07 Å². The van der Waals surface area contributed by atoms with Gasteiger partial charge in [-0.05, 0) is 22.0 Å². The van der Waals surface area contributed by atoms with Crippen molar-refractivity contribution in [2.45, 2.75) is 0 Å². The summed E-state index contributed by atoms with van der Waals surface area (Å²) in [5.41, 5.74) is 0.340. The first kappa shape index (κ1) is 14.9. The van der Waals surface area contributed by atoms with Crippen LogP contribution in [0.3, 0.4) is 0 Å². The number of morpholine rings is 1. The van der Waals surface area contributed by atoms with E-state index in [2.05, 4.69) is 21.2 Å². The van der Waals surface area contributed by atoms with Crippen LogP contribution in [0.5, 0.6) is 0 Å². The number of hydrogen-bond acceptors (Lipinski definition) is 5. The van der Waals surface area contributed by atoms with Crippen molar-refractivity contribution in [3.8, 4) is 0 Å². The third-order valence-corrected chi connectivity index (χ3v) is 3.60. The van der Waals surface area contributed by atoms with Gasteiger partial charge in [0.25, 0.3) is 5.69 Å². The molecule has 0 radical (unpaired) electrons. The molecule has 1 aliphatic rings. The van der Waals surface area contributed by atoms with Crippen LogP contribution >= 0.6 is 15.9 Å². The monoisotopic (exact) mass is 343 g/mol. The summed E-state index contributed by atoms with van der Waals surface area (Å²) in [6, 6.07) is 4.26. The number of nitro benzene ring substituents is 1. The predicted octanol–water partition coefficient (Wildman–Crippen LogP) is 1.63. The Balaban J connectivity index is 1.99. The predicted molar refractivity (Wildman–Crippen MR) is 76.7 cm³/mol. The zero-order valence-electron chi connectivity index (χ0n) is 10.7. The van der Waals surface area contributed by atoms with E-state index in [4.69, 9.17) is 4.74 Å². The highest BCUT2D eigenvalue weighted by Gasteiger charge is 2.16. The van der Waals surface area contributed by atoms with Crippen LogP contribution in [-0.4, -0.2) is 48.6 Å². The van der Waals surface area contributed by atoms with Crippen molar-refractivity contribution in [1.29, 1.82) is 0 Å². The lowest BCUT2D eigenvalue weighted by molar-refractivity contribution is -0.384. The maximum absolute atomic E-state index is 11.9. The number of carbonyl (C=O) groups is 1. The summed E-state index contributed by atoms with van der Waals surface area (Å²) >= 11 is 3.26. The van der Waals surface area contributed by atoms with E-state index in [-0.39, 0.29) is 18.1 Å². The van der Waals surface area contributed by atoms with Crippen molar-refractivity contribution in [3.63, 3.8) is 0 Å². The molecule has 0 aromatic heterocycles. The number of hydrogen-bond donors (Lipinski definition) is 1. The van der Waals surface area contributed by atoms with Gasteiger partial charge in [0.1, 0.15) is 0 Å². The third-order valence-electron chi connectivity index (χ3n) is 2.91. The lowest BCUT2D eigenvalue weighted by atomic mass is 10.2. The molecule has 7 nitrogen and oxygen atoms in total. The zero-order valence-corrected chi connectivity index (χ0v) is 12.3. The van der Waals surface area contributed by atoms with Gasteiger partial charge in [0.05, 0.1) is 30.4 Å². The number of rotatable bonds is 4. The van der Waals surface area contributed by atoms with Crippen LogP contribution in [0.1, 0.15) is 0 Å². The highest BCUT2D eigenvalue weighted by Crippen LogP contribution is 2.27. The standard InChI is InChI=1S/C12H14BrN3O4/c13-10-2-1-9(16(18)19)7-11(10)14-12(17)8-15-3-5-20-6-4-15/h1-2,7H,3-6,8H2,(H,14,17). The maximum atomic E-state index is 11.9. The van der Waals surface area contributed by atoms with Crippen LogP contribution in [0.25, 0.3) is 0 Å². The SMILES string of the molecule is O=C(CN1CCOCC1)Nc1cc([N+](=O)[O-])ccc1Br. The van der Waals surface area contributed by atoms with Crippen LogP contribution in [-0.2, 0) is 9.53 Å². The molecule has 0 aliphatic carbocycles. The van der Waals surface area contributed by atoms with Gasteiger partial charge in [0, 0.05) is 29.7 Å². The van der Waals surface area contributed by atoms with Crippen LogP contribution in [0.2, 0.25) is 0 Å². The van der Waals surface area contributed by atoms with Gasteiger partial charge in [-0.2, -0.15) is 0 Å². The fourth-order valence-electron chi connectivity index (χ4n) is 1.87. The molecule has 20 heavy (non-hydrogen) atoms. The van der Waals surface area contributed by atoms with E-state index in [1.165, 1.54) is 12.1 Å². The topological polar surface area (TPSA) is 84.7 Å². The summed E-state index contributed by atoms with van der Waals surface area (Å²) in [5.74, 6) is -0.201. The first-order valence-electron chi connectivity index (χ1n) is 6.10. The molecule has 2 rings (SSSR count). The molecule has 1 aromatic rings. The Labute approximate surface area is 124 Å². The molecular weight excluding hydrogens is 330 g/mol. The molecule has 1 N–H and O–H groups in total. The lowest BCUT2D eigenvalue weighted by Crippen LogP contribution is -2.41. The molecule has 0 unspecified atom stereocenters. The number of ether oxygens (including phenoxy) is 1. The number of nitrogens with zero attached hydrogens (tertiary/aromatic N) is 2. The molecule has 1 fully saturated rings. The maximum Gasteiger partial charge on any atom is 0.271 e. The molecule has 108 valence electrons. The minimum Gasteiger partial charge on any atom is -0.379 e. The van der Waals surface area contributed by atoms with E-state index >= 15 is 0 Å². The van der Waals surface area contributed by atoms with Crippen molar-refractivity contribution >= 4 is 33.2 Å². The number of anilines is 1. The molecule has 1 amide bonds. The van der Waals surface area contributed by atoms with E-state index in [0.29, 0.717) is 36.5 Å². The molecule has 0 bridgehead atoms. The minimum absolute atomic E-state index is 0.0603.